The standard InChI is InChI=1S/C30H27NO3/c32-30(33)25-16-9-10-21(20-25)18-19-22-11-7-8-17-26(22)29-31-27(23-12-3-1-4-13-23)28(34-29)24-14-5-2-6-15-24/h1-7,9-16,20,22,26H,8,17-19H2,(H,32,33). The molecule has 3 aromatic carbocycles. The summed E-state index contributed by atoms with van der Waals surface area (Å²) in [6.45, 7) is 0. The average Bonchev–Trinajstić information content (AvgIpc) is 3.34. The zero-order chi connectivity index (χ0) is 23.3. The van der Waals surface area contributed by atoms with E-state index in [2.05, 4.69) is 36.4 Å². The number of allylic oxidation sites excluding steroid dienone is 2. The first-order chi connectivity index (χ1) is 16.7. The Hall–Kier alpha value is -3.92. The van der Waals surface area contributed by atoms with Crippen LogP contribution in [0.2, 0.25) is 0 Å². The van der Waals surface area contributed by atoms with Crippen molar-refractivity contribution in [2.24, 2.45) is 5.92 Å². The van der Waals surface area contributed by atoms with Crippen LogP contribution in [0.15, 0.2) is 101 Å². The number of hydrogen-bond acceptors (Lipinski definition) is 3. The van der Waals surface area contributed by atoms with Gasteiger partial charge >= 0.3 is 5.97 Å². The van der Waals surface area contributed by atoms with Crippen LogP contribution in [-0.2, 0) is 6.42 Å². The Morgan fingerprint density at radius 2 is 1.68 bits per heavy atom. The van der Waals surface area contributed by atoms with E-state index in [-0.39, 0.29) is 11.8 Å². The summed E-state index contributed by atoms with van der Waals surface area (Å²) in [6, 6.07) is 27.6. The Morgan fingerprint density at radius 3 is 2.41 bits per heavy atom. The van der Waals surface area contributed by atoms with Crippen LogP contribution in [0.4, 0.5) is 0 Å². The van der Waals surface area contributed by atoms with Crippen molar-refractivity contribution < 1.29 is 14.3 Å². The fraction of sp³-hybridized carbons (Fsp3) is 0.200. The smallest absolute Gasteiger partial charge is 0.335 e. The summed E-state index contributed by atoms with van der Waals surface area (Å²) in [6.07, 6.45) is 8.23. The fourth-order valence-electron chi connectivity index (χ4n) is 4.76. The molecule has 0 saturated heterocycles. The first kappa shape index (κ1) is 21.9. The quantitative estimate of drug-likeness (QED) is 0.299. The van der Waals surface area contributed by atoms with Gasteiger partial charge in [-0.2, -0.15) is 0 Å². The van der Waals surface area contributed by atoms with E-state index in [0.29, 0.717) is 5.56 Å². The van der Waals surface area contributed by atoms with Gasteiger partial charge in [0.1, 0.15) is 5.69 Å². The number of oxazole rings is 1. The zero-order valence-corrected chi connectivity index (χ0v) is 18.9. The molecule has 0 fully saturated rings. The number of aryl methyl sites for hydroxylation is 1. The molecule has 0 aliphatic heterocycles. The predicted molar refractivity (Wildman–Crippen MR) is 134 cm³/mol. The minimum absolute atomic E-state index is 0.188. The summed E-state index contributed by atoms with van der Waals surface area (Å²) in [4.78, 5) is 16.4. The van der Waals surface area contributed by atoms with E-state index < -0.39 is 5.97 Å². The van der Waals surface area contributed by atoms with Gasteiger partial charge in [0, 0.05) is 17.0 Å². The van der Waals surface area contributed by atoms with Crippen molar-refractivity contribution in [1.82, 2.24) is 4.98 Å². The monoisotopic (exact) mass is 449 g/mol. The van der Waals surface area contributed by atoms with E-state index >= 15 is 0 Å². The van der Waals surface area contributed by atoms with E-state index in [9.17, 15) is 9.90 Å². The maximum atomic E-state index is 11.3. The molecule has 2 atom stereocenters. The van der Waals surface area contributed by atoms with Crippen molar-refractivity contribution in [2.75, 3.05) is 0 Å². The summed E-state index contributed by atoms with van der Waals surface area (Å²) >= 11 is 0. The Labute approximate surface area is 199 Å². The van der Waals surface area contributed by atoms with Gasteiger partial charge in [-0.1, -0.05) is 84.9 Å². The van der Waals surface area contributed by atoms with Gasteiger partial charge in [-0.25, -0.2) is 9.78 Å². The van der Waals surface area contributed by atoms with Gasteiger partial charge in [-0.05, 0) is 49.3 Å². The lowest BCUT2D eigenvalue weighted by molar-refractivity contribution is 0.0696. The molecule has 1 heterocycles. The van der Waals surface area contributed by atoms with Gasteiger partial charge < -0.3 is 9.52 Å². The number of hydrogen-bond donors (Lipinski definition) is 1. The Bertz CT molecular complexity index is 1230. The molecule has 5 rings (SSSR count). The van der Waals surface area contributed by atoms with Gasteiger partial charge in [0.2, 0.25) is 0 Å². The molecule has 0 amide bonds. The lowest BCUT2D eigenvalue weighted by Crippen LogP contribution is -2.15. The number of aromatic carboxylic acids is 1. The third-order valence-corrected chi connectivity index (χ3v) is 6.53. The van der Waals surface area contributed by atoms with Crippen LogP contribution < -0.4 is 0 Å². The van der Waals surface area contributed by atoms with E-state index in [0.717, 1.165) is 59.7 Å². The topological polar surface area (TPSA) is 63.3 Å². The minimum atomic E-state index is -0.890. The van der Waals surface area contributed by atoms with Crippen molar-refractivity contribution in [2.45, 2.75) is 31.6 Å². The molecule has 1 aromatic heterocycles. The number of aromatic nitrogens is 1. The highest BCUT2D eigenvalue weighted by atomic mass is 16.4. The SMILES string of the molecule is O=C(O)c1cccc(CCC2C=CCCC2c2nc(-c3ccccc3)c(-c3ccccc3)o2)c1. The number of rotatable bonds is 7. The molecule has 34 heavy (non-hydrogen) atoms. The summed E-state index contributed by atoms with van der Waals surface area (Å²) < 4.78 is 6.50. The van der Waals surface area contributed by atoms with Crippen molar-refractivity contribution in [3.05, 3.63) is 114 Å². The second-order valence-electron chi connectivity index (χ2n) is 8.78. The first-order valence-corrected chi connectivity index (χ1v) is 11.8. The van der Waals surface area contributed by atoms with Gasteiger partial charge in [-0.3, -0.25) is 0 Å². The highest BCUT2D eigenvalue weighted by Crippen LogP contribution is 2.41. The molecule has 0 saturated carbocycles. The normalized spacial score (nSPS) is 17.5. The number of benzene rings is 3. The third kappa shape index (κ3) is 4.72. The van der Waals surface area contributed by atoms with E-state index in [1.165, 1.54) is 0 Å². The Kier molecular flexibility index (Phi) is 6.39. The molecule has 170 valence electrons. The van der Waals surface area contributed by atoms with Crippen LogP contribution in [0.25, 0.3) is 22.6 Å². The molecule has 4 nitrogen and oxygen atoms in total. The maximum absolute atomic E-state index is 11.3. The lowest BCUT2D eigenvalue weighted by atomic mass is 9.80. The maximum Gasteiger partial charge on any atom is 0.335 e. The van der Waals surface area contributed by atoms with Crippen molar-refractivity contribution >= 4 is 5.97 Å². The summed E-state index contributed by atoms with van der Waals surface area (Å²) in [5.41, 5.74) is 4.32. The second-order valence-corrected chi connectivity index (χ2v) is 8.78. The van der Waals surface area contributed by atoms with Crippen LogP contribution in [0.5, 0.6) is 0 Å². The molecule has 2 unspecified atom stereocenters. The van der Waals surface area contributed by atoms with Crippen molar-refractivity contribution in [3.8, 4) is 22.6 Å². The number of carboxylic acid groups (broad SMARTS) is 1. The molecule has 1 N–H and O–H groups in total. The van der Waals surface area contributed by atoms with E-state index in [1.807, 2.05) is 48.5 Å². The number of nitrogens with zero attached hydrogens (tertiary/aromatic N) is 1. The molecule has 1 aliphatic carbocycles. The molecule has 4 heteroatoms. The highest BCUT2D eigenvalue weighted by molar-refractivity contribution is 5.87. The van der Waals surface area contributed by atoms with Gasteiger partial charge in [0.15, 0.2) is 11.7 Å². The van der Waals surface area contributed by atoms with Crippen molar-refractivity contribution in [3.63, 3.8) is 0 Å². The molecule has 4 aromatic rings. The van der Waals surface area contributed by atoms with Crippen LogP contribution in [-0.4, -0.2) is 16.1 Å². The summed E-state index contributed by atoms with van der Waals surface area (Å²) in [7, 11) is 0. The van der Waals surface area contributed by atoms with Crippen LogP contribution >= 0.6 is 0 Å². The number of carbonyl (C=O) groups is 1. The molecule has 0 spiro atoms. The van der Waals surface area contributed by atoms with Crippen LogP contribution in [0.1, 0.15) is 47.0 Å². The molecular formula is C30H27NO3. The highest BCUT2D eigenvalue weighted by Gasteiger charge is 2.29. The Balaban J connectivity index is 1.45. The molecular weight excluding hydrogens is 422 g/mol. The van der Waals surface area contributed by atoms with Crippen LogP contribution in [0.3, 0.4) is 0 Å². The Morgan fingerprint density at radius 1 is 0.941 bits per heavy atom. The minimum Gasteiger partial charge on any atom is -0.478 e. The fourth-order valence-corrected chi connectivity index (χ4v) is 4.76. The van der Waals surface area contributed by atoms with E-state index in [4.69, 9.17) is 9.40 Å². The second kappa shape index (κ2) is 9.92. The van der Waals surface area contributed by atoms with E-state index in [1.54, 1.807) is 12.1 Å². The van der Waals surface area contributed by atoms with Gasteiger partial charge in [0.05, 0.1) is 5.56 Å². The van der Waals surface area contributed by atoms with Gasteiger partial charge in [0.25, 0.3) is 0 Å². The lowest BCUT2D eigenvalue weighted by Gasteiger charge is -2.25. The first-order valence-electron chi connectivity index (χ1n) is 11.8. The summed E-state index contributed by atoms with van der Waals surface area (Å²) in [5.74, 6) is 1.18. The van der Waals surface area contributed by atoms with Gasteiger partial charge in [-0.15, -0.1) is 0 Å². The largest absolute Gasteiger partial charge is 0.478 e. The predicted octanol–water partition coefficient (Wildman–Crippen LogP) is 7.39. The third-order valence-electron chi connectivity index (χ3n) is 6.53. The molecule has 0 radical (unpaired) electrons. The number of carboxylic acids is 1. The van der Waals surface area contributed by atoms with Crippen LogP contribution in [0, 0.1) is 5.92 Å². The average molecular weight is 450 g/mol. The zero-order valence-electron chi connectivity index (χ0n) is 18.9. The molecule has 0 bridgehead atoms. The molecule has 1 aliphatic rings. The summed E-state index contributed by atoms with van der Waals surface area (Å²) in [5, 5.41) is 9.30. The van der Waals surface area contributed by atoms with Crippen molar-refractivity contribution in [1.29, 1.82) is 0 Å².